The molecule has 3 amide bonds. The van der Waals surface area contributed by atoms with Crippen LogP contribution in [0.25, 0.3) is 0 Å². The van der Waals surface area contributed by atoms with Crippen molar-refractivity contribution in [2.75, 3.05) is 12.4 Å². The topological polar surface area (TPSA) is 97.0 Å². The summed E-state index contributed by atoms with van der Waals surface area (Å²) in [4.78, 5) is 43.5. The van der Waals surface area contributed by atoms with Crippen molar-refractivity contribution >= 4 is 23.4 Å². The molecule has 2 N–H and O–H groups in total. The quantitative estimate of drug-likeness (QED) is 0.574. The van der Waals surface area contributed by atoms with Gasteiger partial charge in [0.2, 0.25) is 17.7 Å². The summed E-state index contributed by atoms with van der Waals surface area (Å²) < 4.78 is 11.7. The molecule has 4 fully saturated rings. The minimum absolute atomic E-state index is 0.00433. The molecule has 3 aliphatic heterocycles. The molecule has 1 aromatic carbocycles. The maximum Gasteiger partial charge on any atom is 0.246 e. The number of ether oxygens (including phenoxy) is 2. The SMILES string of the molecule is COc1ccc(NC(=O)[C@H]2[C@H]3C=C[C@@]4(O3)[C@H]2C(=O)N(C2CCCCC2)[C@@H]4C(=O)NC2CCCCC2)cc1. The second-order valence-corrected chi connectivity index (χ2v) is 11.3. The Hall–Kier alpha value is -2.87. The van der Waals surface area contributed by atoms with E-state index in [1.54, 1.807) is 31.4 Å². The molecule has 37 heavy (non-hydrogen) atoms. The highest BCUT2D eigenvalue weighted by Gasteiger charge is 2.73. The molecule has 198 valence electrons. The average Bonchev–Trinajstić information content (AvgIpc) is 3.57. The number of anilines is 1. The first-order chi connectivity index (χ1) is 18.0. The van der Waals surface area contributed by atoms with Crippen LogP contribution in [0.1, 0.15) is 64.2 Å². The van der Waals surface area contributed by atoms with Crippen LogP contribution in [0.3, 0.4) is 0 Å². The van der Waals surface area contributed by atoms with E-state index in [4.69, 9.17) is 9.47 Å². The van der Waals surface area contributed by atoms with E-state index >= 15 is 0 Å². The number of rotatable bonds is 6. The minimum atomic E-state index is -1.10. The van der Waals surface area contributed by atoms with Crippen LogP contribution in [0.5, 0.6) is 5.75 Å². The molecule has 6 rings (SSSR count). The number of nitrogens with one attached hydrogen (secondary N) is 2. The molecule has 8 heteroatoms. The number of amides is 3. The first-order valence-corrected chi connectivity index (χ1v) is 14.0. The summed E-state index contributed by atoms with van der Waals surface area (Å²) in [6.45, 7) is 0. The van der Waals surface area contributed by atoms with Crippen LogP contribution in [-0.2, 0) is 19.1 Å². The summed E-state index contributed by atoms with van der Waals surface area (Å²) in [7, 11) is 1.59. The Labute approximate surface area is 218 Å². The molecule has 0 unspecified atom stereocenters. The Balaban J connectivity index is 1.30. The lowest BCUT2D eigenvalue weighted by atomic mass is 9.74. The fourth-order valence-electron chi connectivity index (χ4n) is 7.39. The first kappa shape index (κ1) is 24.5. The van der Waals surface area contributed by atoms with Crippen molar-refractivity contribution in [3.8, 4) is 5.75 Å². The smallest absolute Gasteiger partial charge is 0.246 e. The van der Waals surface area contributed by atoms with Crippen LogP contribution in [-0.4, -0.2) is 59.6 Å². The molecule has 0 radical (unpaired) electrons. The number of nitrogens with zero attached hydrogens (tertiary/aromatic N) is 1. The summed E-state index contributed by atoms with van der Waals surface area (Å²) in [5.74, 6) is -1.18. The van der Waals surface area contributed by atoms with Crippen LogP contribution >= 0.6 is 0 Å². The zero-order valence-electron chi connectivity index (χ0n) is 21.5. The van der Waals surface area contributed by atoms with Gasteiger partial charge in [-0.1, -0.05) is 50.7 Å². The van der Waals surface area contributed by atoms with E-state index in [-0.39, 0.29) is 29.8 Å². The van der Waals surface area contributed by atoms with Gasteiger partial charge >= 0.3 is 0 Å². The Morgan fingerprint density at radius 3 is 2.32 bits per heavy atom. The molecule has 1 aromatic rings. The molecule has 5 aliphatic rings. The number of hydrogen-bond acceptors (Lipinski definition) is 5. The van der Waals surface area contributed by atoms with E-state index in [1.807, 2.05) is 17.1 Å². The molecule has 8 nitrogen and oxygen atoms in total. The van der Waals surface area contributed by atoms with Gasteiger partial charge in [0, 0.05) is 17.8 Å². The molecule has 0 aromatic heterocycles. The number of methoxy groups -OCH3 is 1. The number of likely N-dealkylation sites (tertiary alicyclic amines) is 1. The Kier molecular flexibility index (Phi) is 6.47. The normalized spacial score (nSPS) is 33.4. The summed E-state index contributed by atoms with van der Waals surface area (Å²) in [6, 6.07) is 6.52. The van der Waals surface area contributed by atoms with Crippen LogP contribution in [0.4, 0.5) is 5.69 Å². The fourth-order valence-corrected chi connectivity index (χ4v) is 7.39. The predicted molar refractivity (Wildman–Crippen MR) is 138 cm³/mol. The lowest BCUT2D eigenvalue weighted by molar-refractivity contribution is -0.144. The fraction of sp³-hybridized carbons (Fsp3) is 0.621. The average molecular weight is 508 g/mol. The van der Waals surface area contributed by atoms with Gasteiger partial charge in [-0.05, 0) is 49.9 Å². The van der Waals surface area contributed by atoms with Crippen LogP contribution in [0.15, 0.2) is 36.4 Å². The van der Waals surface area contributed by atoms with Crippen molar-refractivity contribution in [1.29, 1.82) is 0 Å². The van der Waals surface area contributed by atoms with E-state index in [9.17, 15) is 14.4 Å². The third kappa shape index (κ3) is 4.13. The molecule has 2 saturated carbocycles. The number of carbonyl (C=O) groups is 3. The van der Waals surface area contributed by atoms with Gasteiger partial charge in [0.15, 0.2) is 0 Å². The van der Waals surface area contributed by atoms with E-state index in [0.29, 0.717) is 11.4 Å². The Bertz CT molecular complexity index is 1080. The predicted octanol–water partition coefficient (Wildman–Crippen LogP) is 3.57. The highest BCUT2D eigenvalue weighted by Crippen LogP contribution is 2.56. The van der Waals surface area contributed by atoms with Gasteiger partial charge in [-0.2, -0.15) is 0 Å². The van der Waals surface area contributed by atoms with Crippen LogP contribution in [0.2, 0.25) is 0 Å². The molecular weight excluding hydrogens is 470 g/mol. The van der Waals surface area contributed by atoms with E-state index < -0.39 is 29.6 Å². The van der Waals surface area contributed by atoms with Crippen LogP contribution < -0.4 is 15.4 Å². The van der Waals surface area contributed by atoms with Gasteiger partial charge in [0.05, 0.1) is 25.0 Å². The van der Waals surface area contributed by atoms with E-state index in [2.05, 4.69) is 10.6 Å². The van der Waals surface area contributed by atoms with Crippen molar-refractivity contribution in [3.05, 3.63) is 36.4 Å². The molecule has 2 saturated heterocycles. The first-order valence-electron chi connectivity index (χ1n) is 14.0. The van der Waals surface area contributed by atoms with Crippen molar-refractivity contribution in [2.24, 2.45) is 11.8 Å². The molecule has 3 heterocycles. The minimum Gasteiger partial charge on any atom is -0.497 e. The van der Waals surface area contributed by atoms with Gasteiger partial charge < -0.3 is 25.0 Å². The van der Waals surface area contributed by atoms with Crippen molar-refractivity contribution < 1.29 is 23.9 Å². The highest BCUT2D eigenvalue weighted by molar-refractivity contribution is 6.03. The molecule has 2 aliphatic carbocycles. The van der Waals surface area contributed by atoms with Crippen molar-refractivity contribution in [2.45, 2.75) is 94.0 Å². The van der Waals surface area contributed by atoms with Gasteiger partial charge in [0.25, 0.3) is 0 Å². The maximum absolute atomic E-state index is 14.2. The molecule has 5 atom stereocenters. The lowest BCUT2D eigenvalue weighted by Crippen LogP contribution is -2.58. The van der Waals surface area contributed by atoms with Gasteiger partial charge in [-0.25, -0.2) is 0 Å². The molecule has 2 bridgehead atoms. The Morgan fingerprint density at radius 2 is 1.65 bits per heavy atom. The van der Waals surface area contributed by atoms with Crippen molar-refractivity contribution in [3.63, 3.8) is 0 Å². The van der Waals surface area contributed by atoms with Gasteiger partial charge in [-0.3, -0.25) is 14.4 Å². The zero-order chi connectivity index (χ0) is 25.6. The molecular formula is C29H37N3O5. The lowest BCUT2D eigenvalue weighted by Gasteiger charge is -2.39. The summed E-state index contributed by atoms with van der Waals surface area (Å²) >= 11 is 0. The Morgan fingerprint density at radius 1 is 0.973 bits per heavy atom. The largest absolute Gasteiger partial charge is 0.497 e. The standard InChI is InChI=1S/C29H37N3O5/c1-36-21-14-12-19(13-15-21)30-26(33)23-22-16-17-29(37-22)24(23)28(35)32(20-10-6-3-7-11-20)25(29)27(34)31-18-8-4-2-5-9-18/h12-18,20,22-25H,2-11H2,1H3,(H,30,33)(H,31,34)/t22-,23+,24-,25-,29-/m1/s1. The van der Waals surface area contributed by atoms with E-state index in [0.717, 1.165) is 57.8 Å². The second-order valence-electron chi connectivity index (χ2n) is 11.3. The third-order valence-electron chi connectivity index (χ3n) is 9.14. The van der Waals surface area contributed by atoms with Crippen molar-refractivity contribution in [1.82, 2.24) is 10.2 Å². The summed E-state index contributed by atoms with van der Waals surface area (Å²) in [5.41, 5.74) is -0.465. The number of carbonyl (C=O) groups excluding carboxylic acids is 3. The van der Waals surface area contributed by atoms with Crippen LogP contribution in [0, 0.1) is 11.8 Å². The summed E-state index contributed by atoms with van der Waals surface area (Å²) in [6.07, 6.45) is 13.6. The summed E-state index contributed by atoms with van der Waals surface area (Å²) in [5, 5.41) is 6.25. The number of fused-ring (bicyclic) bond motifs is 1. The van der Waals surface area contributed by atoms with Gasteiger partial charge in [0.1, 0.15) is 17.4 Å². The molecule has 1 spiro atoms. The highest BCUT2D eigenvalue weighted by atomic mass is 16.5. The maximum atomic E-state index is 14.2. The van der Waals surface area contributed by atoms with Gasteiger partial charge in [-0.15, -0.1) is 0 Å². The monoisotopic (exact) mass is 507 g/mol. The third-order valence-corrected chi connectivity index (χ3v) is 9.14. The second kappa shape index (κ2) is 9.78. The zero-order valence-corrected chi connectivity index (χ0v) is 21.5. The van der Waals surface area contributed by atoms with E-state index in [1.165, 1.54) is 6.42 Å². The number of hydrogen-bond donors (Lipinski definition) is 2. The number of benzene rings is 1.